The zero-order valence-corrected chi connectivity index (χ0v) is 13.5. The SMILES string of the molecule is O=C(CNC1CCCC1)NC(c1cccs1)C1CCCC1. The van der Waals surface area contributed by atoms with Gasteiger partial charge < -0.3 is 10.6 Å². The van der Waals surface area contributed by atoms with Crippen molar-refractivity contribution in [3.63, 3.8) is 0 Å². The topological polar surface area (TPSA) is 41.1 Å². The minimum atomic E-state index is 0.159. The first-order valence-electron chi connectivity index (χ1n) is 8.39. The summed E-state index contributed by atoms with van der Waals surface area (Å²) in [5, 5.41) is 8.82. The highest BCUT2D eigenvalue weighted by Gasteiger charge is 2.28. The van der Waals surface area contributed by atoms with Crippen LogP contribution < -0.4 is 10.6 Å². The summed E-state index contributed by atoms with van der Waals surface area (Å²) >= 11 is 1.77. The lowest BCUT2D eigenvalue weighted by Gasteiger charge is -2.24. The van der Waals surface area contributed by atoms with Crippen molar-refractivity contribution in [2.75, 3.05) is 6.54 Å². The van der Waals surface area contributed by atoms with E-state index in [1.807, 2.05) is 0 Å². The maximum atomic E-state index is 12.3. The molecule has 1 unspecified atom stereocenters. The van der Waals surface area contributed by atoms with Crippen LogP contribution in [-0.4, -0.2) is 18.5 Å². The summed E-state index contributed by atoms with van der Waals surface area (Å²) in [6, 6.07) is 5.04. The van der Waals surface area contributed by atoms with E-state index < -0.39 is 0 Å². The van der Waals surface area contributed by atoms with E-state index in [0.29, 0.717) is 18.5 Å². The van der Waals surface area contributed by atoms with E-state index in [9.17, 15) is 4.79 Å². The summed E-state index contributed by atoms with van der Waals surface area (Å²) in [5.74, 6) is 0.784. The fraction of sp³-hybridized carbons (Fsp3) is 0.706. The Morgan fingerprint density at radius 1 is 1.19 bits per heavy atom. The maximum absolute atomic E-state index is 12.3. The summed E-state index contributed by atoms with van der Waals surface area (Å²) in [6.07, 6.45) is 10.2. The Bertz CT molecular complexity index is 434. The smallest absolute Gasteiger partial charge is 0.234 e. The Hall–Kier alpha value is -0.870. The van der Waals surface area contributed by atoms with Gasteiger partial charge in [0.05, 0.1) is 12.6 Å². The van der Waals surface area contributed by atoms with Gasteiger partial charge in [0.15, 0.2) is 0 Å². The third-order valence-electron chi connectivity index (χ3n) is 4.94. The van der Waals surface area contributed by atoms with Crippen LogP contribution >= 0.6 is 11.3 Å². The van der Waals surface area contributed by atoms with Crippen molar-refractivity contribution < 1.29 is 4.79 Å². The molecular weight excluding hydrogens is 280 g/mol. The number of hydrogen-bond donors (Lipinski definition) is 2. The predicted octanol–water partition coefficient (Wildman–Crippen LogP) is 3.63. The van der Waals surface area contributed by atoms with Crippen LogP contribution in [0.4, 0.5) is 0 Å². The zero-order chi connectivity index (χ0) is 14.5. The monoisotopic (exact) mass is 306 g/mol. The van der Waals surface area contributed by atoms with Gasteiger partial charge in [-0.25, -0.2) is 0 Å². The zero-order valence-electron chi connectivity index (χ0n) is 12.6. The van der Waals surface area contributed by atoms with Gasteiger partial charge >= 0.3 is 0 Å². The molecular formula is C17H26N2OS. The number of amides is 1. The summed E-state index contributed by atoms with van der Waals surface area (Å²) in [7, 11) is 0. The highest BCUT2D eigenvalue weighted by atomic mass is 32.1. The first kappa shape index (κ1) is 15.0. The lowest BCUT2D eigenvalue weighted by molar-refractivity contribution is -0.121. The van der Waals surface area contributed by atoms with E-state index in [0.717, 1.165) is 0 Å². The second kappa shape index (κ2) is 7.41. The summed E-state index contributed by atoms with van der Waals surface area (Å²) < 4.78 is 0. The van der Waals surface area contributed by atoms with Gasteiger partial charge in [-0.2, -0.15) is 0 Å². The second-order valence-electron chi connectivity index (χ2n) is 6.47. The van der Waals surface area contributed by atoms with Crippen molar-refractivity contribution in [1.82, 2.24) is 10.6 Å². The summed E-state index contributed by atoms with van der Waals surface area (Å²) in [4.78, 5) is 13.6. The molecule has 21 heavy (non-hydrogen) atoms. The van der Waals surface area contributed by atoms with Gasteiger partial charge in [0, 0.05) is 10.9 Å². The van der Waals surface area contributed by atoms with E-state index in [-0.39, 0.29) is 11.9 Å². The molecule has 2 fully saturated rings. The number of hydrogen-bond acceptors (Lipinski definition) is 3. The molecule has 2 saturated carbocycles. The summed E-state index contributed by atoms with van der Waals surface area (Å²) in [5.41, 5.74) is 0. The molecule has 0 radical (unpaired) electrons. The Morgan fingerprint density at radius 3 is 2.57 bits per heavy atom. The molecule has 3 rings (SSSR count). The molecule has 2 aliphatic carbocycles. The van der Waals surface area contributed by atoms with Gasteiger partial charge in [-0.3, -0.25) is 4.79 Å². The first-order chi connectivity index (χ1) is 10.3. The van der Waals surface area contributed by atoms with Crippen LogP contribution in [0.3, 0.4) is 0 Å². The molecule has 3 nitrogen and oxygen atoms in total. The molecule has 1 aromatic heterocycles. The Balaban J connectivity index is 1.54. The number of carbonyl (C=O) groups is 1. The van der Waals surface area contributed by atoms with E-state index >= 15 is 0 Å². The quantitative estimate of drug-likeness (QED) is 0.842. The molecule has 0 aromatic carbocycles. The molecule has 0 aliphatic heterocycles. The molecule has 1 heterocycles. The molecule has 2 aliphatic rings. The van der Waals surface area contributed by atoms with E-state index in [1.54, 1.807) is 11.3 Å². The van der Waals surface area contributed by atoms with Gasteiger partial charge in [0.1, 0.15) is 0 Å². The number of carbonyl (C=O) groups excluding carboxylic acids is 1. The number of thiophene rings is 1. The van der Waals surface area contributed by atoms with Gasteiger partial charge in [0.25, 0.3) is 0 Å². The molecule has 1 atom stereocenters. The average Bonchev–Trinajstić information content (AvgIpc) is 3.26. The minimum absolute atomic E-state index is 0.159. The van der Waals surface area contributed by atoms with Gasteiger partial charge in [0.2, 0.25) is 5.91 Å². The van der Waals surface area contributed by atoms with Gasteiger partial charge in [-0.05, 0) is 43.0 Å². The molecule has 4 heteroatoms. The van der Waals surface area contributed by atoms with Gasteiger partial charge in [-0.15, -0.1) is 11.3 Å². The Morgan fingerprint density at radius 2 is 1.90 bits per heavy atom. The average molecular weight is 306 g/mol. The van der Waals surface area contributed by atoms with Crippen molar-refractivity contribution in [2.24, 2.45) is 5.92 Å². The highest BCUT2D eigenvalue weighted by Crippen LogP contribution is 2.37. The van der Waals surface area contributed by atoms with Crippen LogP contribution in [0.1, 0.15) is 62.3 Å². The van der Waals surface area contributed by atoms with Crippen LogP contribution in [0.5, 0.6) is 0 Å². The predicted molar refractivity (Wildman–Crippen MR) is 87.4 cm³/mol. The van der Waals surface area contributed by atoms with Crippen LogP contribution in [0.25, 0.3) is 0 Å². The summed E-state index contributed by atoms with van der Waals surface area (Å²) in [6.45, 7) is 0.471. The van der Waals surface area contributed by atoms with Crippen molar-refractivity contribution in [2.45, 2.75) is 63.5 Å². The van der Waals surface area contributed by atoms with Crippen LogP contribution in [0.15, 0.2) is 17.5 Å². The highest BCUT2D eigenvalue weighted by molar-refractivity contribution is 7.10. The second-order valence-corrected chi connectivity index (χ2v) is 7.45. The van der Waals surface area contributed by atoms with Crippen LogP contribution in [-0.2, 0) is 4.79 Å². The third kappa shape index (κ3) is 4.07. The largest absolute Gasteiger partial charge is 0.347 e. The van der Waals surface area contributed by atoms with Crippen LogP contribution in [0, 0.1) is 5.92 Å². The fourth-order valence-electron chi connectivity index (χ4n) is 3.77. The molecule has 116 valence electrons. The first-order valence-corrected chi connectivity index (χ1v) is 9.27. The van der Waals surface area contributed by atoms with Gasteiger partial charge in [-0.1, -0.05) is 31.7 Å². The molecule has 2 N–H and O–H groups in total. The molecule has 0 saturated heterocycles. The maximum Gasteiger partial charge on any atom is 0.234 e. The molecule has 0 spiro atoms. The normalized spacial score (nSPS) is 21.7. The lowest BCUT2D eigenvalue weighted by Crippen LogP contribution is -2.41. The third-order valence-corrected chi connectivity index (χ3v) is 5.90. The molecule has 1 aromatic rings. The molecule has 1 amide bonds. The van der Waals surface area contributed by atoms with E-state index in [1.165, 1.54) is 56.2 Å². The van der Waals surface area contributed by atoms with Crippen molar-refractivity contribution >= 4 is 17.2 Å². The van der Waals surface area contributed by atoms with E-state index in [4.69, 9.17) is 0 Å². The molecule has 0 bridgehead atoms. The number of rotatable bonds is 6. The Labute approximate surface area is 131 Å². The van der Waals surface area contributed by atoms with Crippen molar-refractivity contribution in [1.29, 1.82) is 0 Å². The minimum Gasteiger partial charge on any atom is -0.347 e. The fourth-order valence-corrected chi connectivity index (χ4v) is 4.64. The van der Waals surface area contributed by atoms with Crippen molar-refractivity contribution in [3.8, 4) is 0 Å². The lowest BCUT2D eigenvalue weighted by atomic mass is 9.96. The standard InChI is InChI=1S/C17H26N2OS/c20-16(12-18-14-8-3-4-9-14)19-17(13-6-1-2-7-13)15-10-5-11-21-15/h5,10-11,13-14,17-18H,1-4,6-9,12H2,(H,19,20). The van der Waals surface area contributed by atoms with E-state index in [2.05, 4.69) is 28.1 Å². The Kier molecular flexibility index (Phi) is 5.31. The van der Waals surface area contributed by atoms with Crippen LogP contribution in [0.2, 0.25) is 0 Å². The number of nitrogens with one attached hydrogen (secondary N) is 2. The van der Waals surface area contributed by atoms with Crippen molar-refractivity contribution in [3.05, 3.63) is 22.4 Å².